The highest BCUT2D eigenvalue weighted by atomic mass is 35.5. The maximum Gasteiger partial charge on any atom is 0.338 e. The molecule has 218 valence electrons. The molecule has 1 unspecified atom stereocenters. The van der Waals surface area contributed by atoms with E-state index in [0.717, 1.165) is 22.8 Å². The predicted octanol–water partition coefficient (Wildman–Crippen LogP) is 6.65. The van der Waals surface area contributed by atoms with Crippen molar-refractivity contribution in [2.24, 2.45) is 4.99 Å². The van der Waals surface area contributed by atoms with Crippen molar-refractivity contribution in [2.45, 2.75) is 32.7 Å². The monoisotopic (exact) mass is 612 g/mol. The van der Waals surface area contributed by atoms with Crippen LogP contribution in [0.2, 0.25) is 5.02 Å². The van der Waals surface area contributed by atoms with Crippen LogP contribution in [0, 0.1) is 0 Å². The summed E-state index contributed by atoms with van der Waals surface area (Å²) < 4.78 is 19.5. The molecule has 0 radical (unpaired) electrons. The number of halogens is 1. The van der Waals surface area contributed by atoms with E-state index in [1.807, 2.05) is 73.7 Å². The molecule has 6 rings (SSSR count). The zero-order valence-corrected chi connectivity index (χ0v) is 25.5. The molecule has 0 spiro atoms. The van der Waals surface area contributed by atoms with Crippen molar-refractivity contribution >= 4 is 45.8 Å². The Hall–Kier alpha value is -4.40. The van der Waals surface area contributed by atoms with E-state index >= 15 is 0 Å². The number of furan rings is 1. The first-order chi connectivity index (χ1) is 20.9. The van der Waals surface area contributed by atoms with Crippen molar-refractivity contribution in [2.75, 3.05) is 13.7 Å². The number of esters is 1. The van der Waals surface area contributed by atoms with Gasteiger partial charge >= 0.3 is 5.97 Å². The number of aromatic nitrogens is 1. The molecule has 2 aromatic heterocycles. The lowest BCUT2D eigenvalue weighted by molar-refractivity contribution is -0.139. The number of fused-ring (bicyclic) bond motifs is 2. The fourth-order valence-electron chi connectivity index (χ4n) is 5.49. The van der Waals surface area contributed by atoms with E-state index in [-0.39, 0.29) is 12.2 Å². The van der Waals surface area contributed by atoms with Crippen molar-refractivity contribution in [1.82, 2.24) is 4.57 Å². The molecule has 0 amide bonds. The van der Waals surface area contributed by atoms with Crippen LogP contribution >= 0.6 is 22.9 Å². The van der Waals surface area contributed by atoms with Gasteiger partial charge in [0.25, 0.3) is 5.56 Å². The second-order valence-electron chi connectivity index (χ2n) is 10.0. The Bertz CT molecular complexity index is 2070. The van der Waals surface area contributed by atoms with Crippen LogP contribution in [0.3, 0.4) is 0 Å². The first-order valence-electron chi connectivity index (χ1n) is 14.1. The lowest BCUT2D eigenvalue weighted by Gasteiger charge is -2.28. The van der Waals surface area contributed by atoms with Gasteiger partial charge in [-0.3, -0.25) is 9.36 Å². The number of ether oxygens (including phenoxy) is 2. The maximum absolute atomic E-state index is 14.3. The summed E-state index contributed by atoms with van der Waals surface area (Å²) >= 11 is 7.43. The summed E-state index contributed by atoms with van der Waals surface area (Å²) in [7, 11) is 1.59. The topological polar surface area (TPSA) is 83.0 Å². The van der Waals surface area contributed by atoms with Crippen LogP contribution in [0.1, 0.15) is 44.1 Å². The van der Waals surface area contributed by atoms with Crippen LogP contribution in [0.5, 0.6) is 5.75 Å². The summed E-state index contributed by atoms with van der Waals surface area (Å²) in [6.07, 6.45) is 3.02. The van der Waals surface area contributed by atoms with Gasteiger partial charge in [-0.1, -0.05) is 78.7 Å². The predicted molar refractivity (Wildman–Crippen MR) is 169 cm³/mol. The van der Waals surface area contributed by atoms with Gasteiger partial charge in [-0.05, 0) is 54.4 Å². The number of hydrogen-bond donors (Lipinski definition) is 0. The van der Waals surface area contributed by atoms with Crippen molar-refractivity contribution in [3.8, 4) is 17.1 Å². The molecule has 1 aliphatic rings. The van der Waals surface area contributed by atoms with Crippen molar-refractivity contribution in [1.29, 1.82) is 0 Å². The smallest absolute Gasteiger partial charge is 0.338 e. The highest BCUT2D eigenvalue weighted by molar-refractivity contribution is 7.07. The Morgan fingerprint density at radius 2 is 1.93 bits per heavy atom. The number of carbonyl (C=O) groups is 1. The Morgan fingerprint density at radius 1 is 1.09 bits per heavy atom. The molecule has 0 aliphatic carbocycles. The average molecular weight is 613 g/mol. The number of benzene rings is 3. The zero-order chi connectivity index (χ0) is 30.1. The van der Waals surface area contributed by atoms with Gasteiger partial charge in [-0.25, -0.2) is 9.79 Å². The number of rotatable bonds is 8. The van der Waals surface area contributed by atoms with Crippen LogP contribution in [0.4, 0.5) is 0 Å². The summed E-state index contributed by atoms with van der Waals surface area (Å²) in [4.78, 5) is 33.3. The SMILES string of the molecule is CCCC1=C(C(=O)OCC)C(c2c(OC)ccc3ccccc23)n2c(s/c(=C\c3ccc(-c4cccc(Cl)c4)o3)c2=O)=N1. The zero-order valence-electron chi connectivity index (χ0n) is 23.9. The Kier molecular flexibility index (Phi) is 8.06. The van der Waals surface area contributed by atoms with E-state index in [0.29, 0.717) is 54.9 Å². The summed E-state index contributed by atoms with van der Waals surface area (Å²) in [6.45, 7) is 3.99. The third-order valence-electron chi connectivity index (χ3n) is 7.33. The van der Waals surface area contributed by atoms with E-state index in [4.69, 9.17) is 30.5 Å². The van der Waals surface area contributed by atoms with Crippen LogP contribution in [-0.4, -0.2) is 24.3 Å². The van der Waals surface area contributed by atoms with Crippen LogP contribution in [0.25, 0.3) is 28.2 Å². The Balaban J connectivity index is 1.60. The maximum atomic E-state index is 14.3. The average Bonchev–Trinajstić information content (AvgIpc) is 3.60. The fourth-order valence-corrected chi connectivity index (χ4v) is 6.68. The summed E-state index contributed by atoms with van der Waals surface area (Å²) in [6, 6.07) is 21.9. The minimum atomic E-state index is -0.807. The van der Waals surface area contributed by atoms with Crippen LogP contribution in [-0.2, 0) is 9.53 Å². The second-order valence-corrected chi connectivity index (χ2v) is 11.5. The molecule has 0 saturated heterocycles. The van der Waals surface area contributed by atoms with Crippen molar-refractivity contribution < 1.29 is 18.7 Å². The lowest BCUT2D eigenvalue weighted by Crippen LogP contribution is -2.40. The standard InChI is InChI=1S/C34H29ClN2O5S/c1-4-9-25-30(33(39)41-5-2)31(29-24-13-7-6-10-20(24)14-16-27(29)40-3)37-32(38)28(43-34(37)36-25)19-23-15-17-26(42-23)21-11-8-12-22(35)18-21/h6-8,10-19,31H,4-5,9H2,1-3H3/b28-19-. The molecule has 1 aliphatic heterocycles. The molecule has 43 heavy (non-hydrogen) atoms. The molecule has 5 aromatic rings. The van der Waals surface area contributed by atoms with Gasteiger partial charge in [0, 0.05) is 22.2 Å². The lowest BCUT2D eigenvalue weighted by atomic mass is 9.90. The van der Waals surface area contributed by atoms with Gasteiger partial charge < -0.3 is 13.9 Å². The number of hydrogen-bond acceptors (Lipinski definition) is 7. The largest absolute Gasteiger partial charge is 0.496 e. The number of allylic oxidation sites excluding steroid dienone is 1. The molecular formula is C34H29ClN2O5S. The number of nitrogens with zero attached hydrogens (tertiary/aromatic N) is 2. The minimum Gasteiger partial charge on any atom is -0.496 e. The minimum absolute atomic E-state index is 0.193. The normalized spacial score (nSPS) is 15.0. The Morgan fingerprint density at radius 3 is 2.70 bits per heavy atom. The molecule has 0 saturated carbocycles. The molecule has 0 fully saturated rings. The molecular weight excluding hydrogens is 584 g/mol. The van der Waals surface area contributed by atoms with Crippen LogP contribution in [0.15, 0.2) is 98.3 Å². The van der Waals surface area contributed by atoms with Gasteiger partial charge in [0.15, 0.2) is 4.80 Å². The Labute approximate surface area is 257 Å². The van der Waals surface area contributed by atoms with E-state index in [1.54, 1.807) is 30.7 Å². The third kappa shape index (κ3) is 5.32. The van der Waals surface area contributed by atoms with Crippen molar-refractivity contribution in [3.05, 3.63) is 120 Å². The van der Waals surface area contributed by atoms with Gasteiger partial charge in [0.1, 0.15) is 23.3 Å². The van der Waals surface area contributed by atoms with Gasteiger partial charge in [-0.15, -0.1) is 0 Å². The summed E-state index contributed by atoms with van der Waals surface area (Å²) in [5.74, 6) is 1.21. The molecule has 0 N–H and O–H groups in total. The molecule has 3 aromatic carbocycles. The molecule has 9 heteroatoms. The van der Waals surface area contributed by atoms with E-state index in [9.17, 15) is 9.59 Å². The fraction of sp³-hybridized carbons (Fsp3) is 0.206. The number of thiazole rings is 1. The highest BCUT2D eigenvalue weighted by Gasteiger charge is 2.37. The van der Waals surface area contributed by atoms with Gasteiger partial charge in [-0.2, -0.15) is 0 Å². The third-order valence-corrected chi connectivity index (χ3v) is 8.54. The molecule has 0 bridgehead atoms. The van der Waals surface area contributed by atoms with E-state index in [2.05, 4.69) is 0 Å². The van der Waals surface area contributed by atoms with E-state index in [1.165, 1.54) is 11.3 Å². The molecule has 3 heterocycles. The number of carbonyl (C=O) groups excluding carboxylic acids is 1. The van der Waals surface area contributed by atoms with Gasteiger partial charge in [0.05, 0.1) is 29.5 Å². The second kappa shape index (κ2) is 12.1. The summed E-state index contributed by atoms with van der Waals surface area (Å²) in [5, 5.41) is 2.44. The van der Waals surface area contributed by atoms with Gasteiger partial charge in [0.2, 0.25) is 0 Å². The first kappa shape index (κ1) is 28.7. The molecule has 1 atom stereocenters. The quantitative estimate of drug-likeness (QED) is 0.183. The first-order valence-corrected chi connectivity index (χ1v) is 15.3. The number of methoxy groups -OCH3 is 1. The van der Waals surface area contributed by atoms with E-state index < -0.39 is 12.0 Å². The summed E-state index contributed by atoms with van der Waals surface area (Å²) in [5.41, 5.74) is 2.20. The highest BCUT2D eigenvalue weighted by Crippen LogP contribution is 2.41. The van der Waals surface area contributed by atoms with Crippen molar-refractivity contribution in [3.63, 3.8) is 0 Å². The van der Waals surface area contributed by atoms with Crippen LogP contribution < -0.4 is 19.6 Å². The molecule has 7 nitrogen and oxygen atoms in total.